The second-order valence-corrected chi connectivity index (χ2v) is 5.55. The number of nitrogens with one attached hydrogen (secondary N) is 1. The largest absolute Gasteiger partial charge is 0.465 e. The second-order valence-electron chi connectivity index (χ2n) is 5.55. The molecular weight excluding hydrogens is 292 g/mol. The van der Waals surface area contributed by atoms with Gasteiger partial charge < -0.3 is 15.3 Å². The summed E-state index contributed by atoms with van der Waals surface area (Å²) in [6, 6.07) is 15.1. The predicted molar refractivity (Wildman–Crippen MR) is 87.7 cm³/mol. The number of carboxylic acid groups (broad SMARTS) is 1. The van der Waals surface area contributed by atoms with Gasteiger partial charge in [0.05, 0.1) is 0 Å². The second kappa shape index (κ2) is 6.52. The Morgan fingerprint density at radius 1 is 1.13 bits per heavy atom. The first-order chi connectivity index (χ1) is 11.1. The number of carbonyl (C=O) groups is 2. The summed E-state index contributed by atoms with van der Waals surface area (Å²) in [5, 5.41) is 11.0. The van der Waals surface area contributed by atoms with Crippen LogP contribution in [-0.2, 0) is 13.0 Å². The fourth-order valence-electron chi connectivity index (χ4n) is 2.89. The van der Waals surface area contributed by atoms with Crippen LogP contribution in [0.5, 0.6) is 0 Å². The monoisotopic (exact) mass is 310 g/mol. The van der Waals surface area contributed by atoms with Crippen molar-refractivity contribution in [3.63, 3.8) is 0 Å². The van der Waals surface area contributed by atoms with E-state index in [0.717, 1.165) is 24.1 Å². The van der Waals surface area contributed by atoms with E-state index >= 15 is 0 Å². The van der Waals surface area contributed by atoms with E-state index in [2.05, 4.69) is 11.4 Å². The zero-order chi connectivity index (χ0) is 16.2. The van der Waals surface area contributed by atoms with Crippen molar-refractivity contribution in [1.29, 1.82) is 0 Å². The number of hydrogen-bond acceptors (Lipinski definition) is 2. The lowest BCUT2D eigenvalue weighted by Crippen LogP contribution is -2.35. The van der Waals surface area contributed by atoms with Gasteiger partial charge in [-0.05, 0) is 42.2 Å². The number of hydrogen-bond donors (Lipinski definition) is 2. The molecule has 0 aromatic heterocycles. The van der Waals surface area contributed by atoms with Gasteiger partial charge in [0.1, 0.15) is 0 Å². The Kier molecular flexibility index (Phi) is 4.28. The molecule has 23 heavy (non-hydrogen) atoms. The highest BCUT2D eigenvalue weighted by atomic mass is 16.4. The van der Waals surface area contributed by atoms with Crippen LogP contribution in [0, 0.1) is 0 Å². The Bertz CT molecular complexity index is 743. The molecule has 2 aromatic rings. The molecule has 1 aliphatic heterocycles. The molecule has 5 heteroatoms. The number of aryl methyl sites for hydroxylation is 1. The molecule has 0 unspecified atom stereocenters. The third kappa shape index (κ3) is 3.34. The number of fused-ring (bicyclic) bond motifs is 1. The van der Waals surface area contributed by atoms with Crippen LogP contribution in [0.2, 0.25) is 0 Å². The van der Waals surface area contributed by atoms with Crippen LogP contribution in [0.3, 0.4) is 0 Å². The van der Waals surface area contributed by atoms with Crippen LogP contribution in [0.1, 0.15) is 27.9 Å². The molecule has 2 amide bonds. The Morgan fingerprint density at radius 3 is 2.78 bits per heavy atom. The molecule has 118 valence electrons. The summed E-state index contributed by atoms with van der Waals surface area (Å²) in [5.74, 6) is -0.0469. The van der Waals surface area contributed by atoms with Gasteiger partial charge in [0.2, 0.25) is 0 Å². The minimum atomic E-state index is -1.08. The lowest BCUT2D eigenvalue weighted by Gasteiger charge is -2.29. The van der Waals surface area contributed by atoms with E-state index in [0.29, 0.717) is 12.1 Å². The van der Waals surface area contributed by atoms with E-state index in [4.69, 9.17) is 5.11 Å². The minimum absolute atomic E-state index is 0.0469. The van der Waals surface area contributed by atoms with Gasteiger partial charge in [-0.1, -0.05) is 30.3 Å². The van der Waals surface area contributed by atoms with E-state index in [9.17, 15) is 9.59 Å². The van der Waals surface area contributed by atoms with Crippen LogP contribution < -0.4 is 10.2 Å². The molecule has 2 N–H and O–H groups in total. The molecule has 0 saturated heterocycles. The molecule has 1 heterocycles. The summed E-state index contributed by atoms with van der Waals surface area (Å²) in [4.78, 5) is 25.2. The first kappa shape index (κ1) is 15.1. The standard InChI is InChI=1S/C18H18N2O3/c21-17(15-7-3-5-13(11-15)12-19-18(22)23)20-10-4-8-14-6-1-2-9-16(14)20/h1-3,5-7,9,11,19H,4,8,10,12H2,(H,22,23). The van der Waals surface area contributed by atoms with Gasteiger partial charge in [0, 0.05) is 24.3 Å². The maximum Gasteiger partial charge on any atom is 0.404 e. The van der Waals surface area contributed by atoms with Crippen molar-refractivity contribution in [2.75, 3.05) is 11.4 Å². The van der Waals surface area contributed by atoms with E-state index < -0.39 is 6.09 Å². The summed E-state index contributed by atoms with van der Waals surface area (Å²) < 4.78 is 0. The molecule has 0 radical (unpaired) electrons. The average molecular weight is 310 g/mol. The van der Waals surface area contributed by atoms with Crippen molar-refractivity contribution in [1.82, 2.24) is 5.32 Å². The van der Waals surface area contributed by atoms with Crippen LogP contribution in [-0.4, -0.2) is 23.7 Å². The van der Waals surface area contributed by atoms with Crippen molar-refractivity contribution in [3.8, 4) is 0 Å². The minimum Gasteiger partial charge on any atom is -0.465 e. The van der Waals surface area contributed by atoms with Crippen molar-refractivity contribution >= 4 is 17.7 Å². The van der Waals surface area contributed by atoms with Gasteiger partial charge in [-0.25, -0.2) is 4.79 Å². The maximum absolute atomic E-state index is 12.8. The first-order valence-corrected chi connectivity index (χ1v) is 7.60. The van der Waals surface area contributed by atoms with Gasteiger partial charge in [0.15, 0.2) is 0 Å². The maximum atomic E-state index is 12.8. The third-order valence-corrected chi connectivity index (χ3v) is 3.97. The highest BCUT2D eigenvalue weighted by molar-refractivity contribution is 6.06. The summed E-state index contributed by atoms with van der Waals surface area (Å²) in [5.41, 5.74) is 3.50. The number of para-hydroxylation sites is 1. The topological polar surface area (TPSA) is 69.6 Å². The van der Waals surface area contributed by atoms with Crippen LogP contribution >= 0.6 is 0 Å². The molecule has 0 atom stereocenters. The van der Waals surface area contributed by atoms with Crippen molar-refractivity contribution in [3.05, 3.63) is 65.2 Å². The normalized spacial score (nSPS) is 13.3. The van der Waals surface area contributed by atoms with Gasteiger partial charge in [-0.2, -0.15) is 0 Å². The van der Waals surface area contributed by atoms with Crippen molar-refractivity contribution in [2.45, 2.75) is 19.4 Å². The van der Waals surface area contributed by atoms with Crippen LogP contribution in [0.25, 0.3) is 0 Å². The molecule has 5 nitrogen and oxygen atoms in total. The van der Waals surface area contributed by atoms with Gasteiger partial charge >= 0.3 is 6.09 Å². The zero-order valence-corrected chi connectivity index (χ0v) is 12.7. The molecule has 3 rings (SSSR count). The fourth-order valence-corrected chi connectivity index (χ4v) is 2.89. The first-order valence-electron chi connectivity index (χ1n) is 7.60. The Balaban J connectivity index is 1.84. The molecule has 0 saturated carbocycles. The highest BCUT2D eigenvalue weighted by Crippen LogP contribution is 2.28. The number of rotatable bonds is 3. The molecule has 0 spiro atoms. The summed E-state index contributed by atoms with van der Waals surface area (Å²) in [7, 11) is 0. The van der Waals surface area contributed by atoms with E-state index in [1.807, 2.05) is 23.1 Å². The Labute approximate surface area is 134 Å². The SMILES string of the molecule is O=C(O)NCc1cccc(C(=O)N2CCCc3ccccc32)c1. The van der Waals surface area contributed by atoms with E-state index in [-0.39, 0.29) is 12.5 Å². The van der Waals surface area contributed by atoms with Crippen LogP contribution in [0.4, 0.5) is 10.5 Å². The average Bonchev–Trinajstić information content (AvgIpc) is 2.59. The van der Waals surface area contributed by atoms with Gasteiger partial charge in [-0.15, -0.1) is 0 Å². The van der Waals surface area contributed by atoms with Gasteiger partial charge in [0.25, 0.3) is 5.91 Å². The molecule has 0 bridgehead atoms. The lowest BCUT2D eigenvalue weighted by molar-refractivity contribution is 0.0985. The van der Waals surface area contributed by atoms with Crippen LogP contribution in [0.15, 0.2) is 48.5 Å². The smallest absolute Gasteiger partial charge is 0.404 e. The number of amides is 2. The van der Waals surface area contributed by atoms with Gasteiger partial charge in [-0.3, -0.25) is 4.79 Å². The molecule has 0 fully saturated rings. The summed E-state index contributed by atoms with van der Waals surface area (Å²) >= 11 is 0. The number of nitrogens with zero attached hydrogens (tertiary/aromatic N) is 1. The Hall–Kier alpha value is -2.82. The molecule has 2 aromatic carbocycles. The lowest BCUT2D eigenvalue weighted by atomic mass is 10.0. The number of anilines is 1. The summed E-state index contributed by atoms with van der Waals surface area (Å²) in [6.07, 6.45) is 0.859. The molecule has 1 aliphatic rings. The van der Waals surface area contributed by atoms with Crippen molar-refractivity contribution < 1.29 is 14.7 Å². The van der Waals surface area contributed by atoms with E-state index in [1.54, 1.807) is 24.3 Å². The third-order valence-electron chi connectivity index (χ3n) is 3.97. The predicted octanol–water partition coefficient (Wildman–Crippen LogP) is 3.05. The fraction of sp³-hybridized carbons (Fsp3) is 0.222. The zero-order valence-electron chi connectivity index (χ0n) is 12.7. The number of carbonyl (C=O) groups excluding carboxylic acids is 1. The van der Waals surface area contributed by atoms with E-state index in [1.165, 1.54) is 5.56 Å². The molecular formula is C18H18N2O3. The quantitative estimate of drug-likeness (QED) is 0.915. The number of benzene rings is 2. The molecule has 0 aliphatic carbocycles. The van der Waals surface area contributed by atoms with Crippen molar-refractivity contribution in [2.24, 2.45) is 0 Å². The summed E-state index contributed by atoms with van der Waals surface area (Å²) in [6.45, 7) is 0.889. The highest BCUT2D eigenvalue weighted by Gasteiger charge is 2.23. The Morgan fingerprint density at radius 2 is 1.96 bits per heavy atom.